The van der Waals surface area contributed by atoms with E-state index in [1.807, 2.05) is 0 Å². The van der Waals surface area contributed by atoms with Gasteiger partial charge in [0.25, 0.3) is 0 Å². The molecule has 0 aliphatic carbocycles. The van der Waals surface area contributed by atoms with E-state index in [1.54, 1.807) is 18.2 Å². The fourth-order valence-corrected chi connectivity index (χ4v) is 2.94. The van der Waals surface area contributed by atoms with Crippen molar-refractivity contribution in [2.75, 3.05) is 32.3 Å². The maximum Gasteiger partial charge on any atom is 0.326 e. The van der Waals surface area contributed by atoms with E-state index >= 15 is 0 Å². The van der Waals surface area contributed by atoms with Gasteiger partial charge in [-0.3, -0.25) is 9.59 Å². The van der Waals surface area contributed by atoms with Gasteiger partial charge in [-0.25, -0.2) is 4.79 Å². The number of carboxylic acid groups (broad SMARTS) is 1. The largest absolute Gasteiger partial charge is 0.495 e. The molecule has 1 aromatic carbocycles. The van der Waals surface area contributed by atoms with E-state index < -0.39 is 23.8 Å². The highest BCUT2D eigenvalue weighted by Crippen LogP contribution is 2.35. The predicted molar refractivity (Wildman–Crippen MR) is 94.5 cm³/mol. The zero-order valence-electron chi connectivity index (χ0n) is 14.5. The number of hydrogen-bond acceptors (Lipinski definition) is 5. The third-order valence-electron chi connectivity index (χ3n) is 4.15. The summed E-state index contributed by atoms with van der Waals surface area (Å²) in [5.74, 6) is -2.07. The summed E-state index contributed by atoms with van der Waals surface area (Å²) in [4.78, 5) is 37.5. The molecule has 8 nitrogen and oxygen atoms in total. The Labute approximate surface area is 156 Å². The minimum absolute atomic E-state index is 0.0158. The average molecular weight is 385 g/mol. The number of methoxy groups -OCH3 is 2. The highest BCUT2D eigenvalue weighted by atomic mass is 35.5. The van der Waals surface area contributed by atoms with Gasteiger partial charge in [-0.2, -0.15) is 0 Å². The van der Waals surface area contributed by atoms with Gasteiger partial charge in [-0.15, -0.1) is 0 Å². The molecule has 0 aromatic heterocycles. The van der Waals surface area contributed by atoms with Crippen LogP contribution in [0.5, 0.6) is 5.75 Å². The first kappa shape index (κ1) is 20.0. The van der Waals surface area contributed by atoms with Gasteiger partial charge in [0.15, 0.2) is 0 Å². The van der Waals surface area contributed by atoms with Crippen molar-refractivity contribution in [3.05, 3.63) is 23.2 Å². The topological polar surface area (TPSA) is 105 Å². The number of carbonyl (C=O) groups is 3. The lowest BCUT2D eigenvalue weighted by molar-refractivity contribution is -0.142. The van der Waals surface area contributed by atoms with Gasteiger partial charge in [-0.1, -0.05) is 11.6 Å². The van der Waals surface area contributed by atoms with Crippen molar-refractivity contribution in [1.29, 1.82) is 0 Å². The molecule has 1 aliphatic heterocycles. The molecule has 1 aliphatic rings. The van der Waals surface area contributed by atoms with Gasteiger partial charge in [0.05, 0.1) is 18.7 Å². The summed E-state index contributed by atoms with van der Waals surface area (Å²) in [5.41, 5.74) is 0.481. The molecule has 2 unspecified atom stereocenters. The van der Waals surface area contributed by atoms with Crippen LogP contribution in [-0.2, 0) is 19.1 Å². The highest BCUT2D eigenvalue weighted by Gasteiger charge is 2.37. The summed E-state index contributed by atoms with van der Waals surface area (Å²) in [6, 6.07) is 3.81. The van der Waals surface area contributed by atoms with Crippen LogP contribution < -0.4 is 15.0 Å². The van der Waals surface area contributed by atoms with Crippen molar-refractivity contribution in [3.8, 4) is 5.75 Å². The van der Waals surface area contributed by atoms with Crippen LogP contribution in [0.1, 0.15) is 12.8 Å². The van der Waals surface area contributed by atoms with Gasteiger partial charge in [0, 0.05) is 38.1 Å². The first-order valence-electron chi connectivity index (χ1n) is 8.03. The summed E-state index contributed by atoms with van der Waals surface area (Å²) in [5, 5.41) is 12.1. The van der Waals surface area contributed by atoms with E-state index in [2.05, 4.69) is 5.32 Å². The van der Waals surface area contributed by atoms with Crippen LogP contribution >= 0.6 is 11.6 Å². The Kier molecular flexibility index (Phi) is 6.82. The Hall–Kier alpha value is -2.32. The van der Waals surface area contributed by atoms with E-state index in [4.69, 9.17) is 21.1 Å². The van der Waals surface area contributed by atoms with E-state index in [9.17, 15) is 19.5 Å². The molecule has 2 amide bonds. The molecular weight excluding hydrogens is 364 g/mol. The van der Waals surface area contributed by atoms with Crippen molar-refractivity contribution in [1.82, 2.24) is 5.32 Å². The number of nitrogens with one attached hydrogen (secondary N) is 1. The Morgan fingerprint density at radius 3 is 2.77 bits per heavy atom. The summed E-state index contributed by atoms with van der Waals surface area (Å²) in [6.07, 6.45) is 0.127. The van der Waals surface area contributed by atoms with Crippen LogP contribution in [0.4, 0.5) is 5.69 Å². The third-order valence-corrected chi connectivity index (χ3v) is 4.39. The number of carbonyl (C=O) groups excluding carboxylic acids is 2. The number of nitrogens with zero attached hydrogens (tertiary/aromatic N) is 1. The van der Waals surface area contributed by atoms with Gasteiger partial charge in [0.1, 0.15) is 11.8 Å². The number of ether oxygens (including phenoxy) is 2. The minimum atomic E-state index is -1.15. The van der Waals surface area contributed by atoms with Crippen LogP contribution in [0.3, 0.4) is 0 Å². The average Bonchev–Trinajstić information content (AvgIpc) is 2.99. The molecular formula is C17H21ClN2O6. The summed E-state index contributed by atoms with van der Waals surface area (Å²) in [7, 11) is 2.93. The van der Waals surface area contributed by atoms with Crippen molar-refractivity contribution in [2.24, 2.45) is 5.92 Å². The van der Waals surface area contributed by atoms with Crippen molar-refractivity contribution >= 4 is 35.1 Å². The maximum atomic E-state index is 12.4. The van der Waals surface area contributed by atoms with Gasteiger partial charge in [-0.05, 0) is 18.2 Å². The molecule has 1 heterocycles. The van der Waals surface area contributed by atoms with E-state index in [0.717, 1.165) is 0 Å². The zero-order chi connectivity index (χ0) is 19.3. The van der Waals surface area contributed by atoms with Crippen LogP contribution in [0.2, 0.25) is 5.02 Å². The van der Waals surface area contributed by atoms with Crippen molar-refractivity contribution in [3.63, 3.8) is 0 Å². The lowest BCUT2D eigenvalue weighted by atomic mass is 10.1. The van der Waals surface area contributed by atoms with E-state index in [0.29, 0.717) is 16.5 Å². The first-order chi connectivity index (χ1) is 12.4. The Balaban J connectivity index is 2.10. The molecule has 1 fully saturated rings. The summed E-state index contributed by atoms with van der Waals surface area (Å²) in [6.45, 7) is 0.324. The molecule has 0 radical (unpaired) electrons. The number of rotatable bonds is 8. The second-order valence-corrected chi connectivity index (χ2v) is 6.34. The molecule has 0 saturated carbocycles. The monoisotopic (exact) mass is 384 g/mol. The number of aliphatic carboxylic acids is 1. The third kappa shape index (κ3) is 4.64. The number of anilines is 1. The fraction of sp³-hybridized carbons (Fsp3) is 0.471. The SMILES string of the molecule is COCCC(NC(=O)C1CC(=O)N(c2cc(Cl)ccc2OC)C1)C(=O)O. The Morgan fingerprint density at radius 1 is 1.42 bits per heavy atom. The summed E-state index contributed by atoms with van der Waals surface area (Å²) >= 11 is 6.00. The number of amides is 2. The van der Waals surface area contributed by atoms with Crippen LogP contribution in [0.15, 0.2) is 18.2 Å². The molecule has 1 saturated heterocycles. The van der Waals surface area contributed by atoms with Crippen molar-refractivity contribution < 1.29 is 29.0 Å². The van der Waals surface area contributed by atoms with E-state index in [1.165, 1.54) is 19.1 Å². The van der Waals surface area contributed by atoms with Gasteiger partial charge >= 0.3 is 5.97 Å². The van der Waals surface area contributed by atoms with Crippen LogP contribution in [0, 0.1) is 5.92 Å². The molecule has 142 valence electrons. The predicted octanol–water partition coefficient (Wildman–Crippen LogP) is 1.31. The van der Waals surface area contributed by atoms with Gasteiger partial charge < -0.3 is 24.8 Å². The van der Waals surface area contributed by atoms with E-state index in [-0.39, 0.29) is 31.9 Å². The molecule has 2 atom stereocenters. The number of halogens is 1. The Morgan fingerprint density at radius 2 is 2.15 bits per heavy atom. The lowest BCUT2D eigenvalue weighted by Crippen LogP contribution is -2.44. The highest BCUT2D eigenvalue weighted by molar-refractivity contribution is 6.31. The standard InChI is InChI=1S/C17H21ClN2O6/c1-25-6-5-12(17(23)24)19-16(22)10-7-15(21)20(9-10)13-8-11(18)3-4-14(13)26-2/h3-4,8,10,12H,5-7,9H2,1-2H3,(H,19,22)(H,23,24). The molecule has 2 rings (SSSR count). The number of carboxylic acids is 1. The quantitative estimate of drug-likeness (QED) is 0.700. The van der Waals surface area contributed by atoms with Crippen LogP contribution in [-0.4, -0.2) is 56.3 Å². The molecule has 9 heteroatoms. The molecule has 26 heavy (non-hydrogen) atoms. The Bertz CT molecular complexity index is 696. The molecule has 0 spiro atoms. The van der Waals surface area contributed by atoms with Crippen molar-refractivity contribution in [2.45, 2.75) is 18.9 Å². The molecule has 2 N–H and O–H groups in total. The smallest absolute Gasteiger partial charge is 0.326 e. The second kappa shape index (κ2) is 8.86. The zero-order valence-corrected chi connectivity index (χ0v) is 15.3. The first-order valence-corrected chi connectivity index (χ1v) is 8.41. The second-order valence-electron chi connectivity index (χ2n) is 5.90. The number of benzene rings is 1. The number of hydrogen-bond donors (Lipinski definition) is 2. The molecule has 0 bridgehead atoms. The van der Waals surface area contributed by atoms with Gasteiger partial charge in [0.2, 0.25) is 11.8 Å². The maximum absolute atomic E-state index is 12.4. The lowest BCUT2D eigenvalue weighted by Gasteiger charge is -2.20. The van der Waals surface area contributed by atoms with Crippen LogP contribution in [0.25, 0.3) is 0 Å². The minimum Gasteiger partial charge on any atom is -0.495 e. The fourth-order valence-electron chi connectivity index (χ4n) is 2.77. The molecule has 1 aromatic rings. The normalized spacial score (nSPS) is 17.9. The summed E-state index contributed by atoms with van der Waals surface area (Å²) < 4.78 is 10.1.